The van der Waals surface area contributed by atoms with Crippen LogP contribution in [0.15, 0.2) is 57.6 Å². The molecule has 0 bridgehead atoms. The van der Waals surface area contributed by atoms with E-state index in [-0.39, 0.29) is 12.2 Å². The highest BCUT2D eigenvalue weighted by molar-refractivity contribution is 7.08. The summed E-state index contributed by atoms with van der Waals surface area (Å²) in [5.41, 5.74) is -0.270. The molecule has 0 unspecified atom stereocenters. The molecular formula is C17H13F3N2O2S. The Labute approximate surface area is 145 Å². The summed E-state index contributed by atoms with van der Waals surface area (Å²) in [6, 6.07) is 9.43. The number of rotatable bonds is 4. The number of carbonyl (C=O) groups excluding carboxylic acids is 1. The van der Waals surface area contributed by atoms with Crippen LogP contribution < -0.4 is 10.6 Å². The molecule has 2 N–H and O–H groups in total. The van der Waals surface area contributed by atoms with Crippen molar-refractivity contribution in [2.24, 2.45) is 0 Å². The lowest BCUT2D eigenvalue weighted by atomic mass is 10.1. The maximum Gasteiger partial charge on any atom is 0.418 e. The van der Waals surface area contributed by atoms with Crippen LogP contribution in [0.1, 0.15) is 11.3 Å². The van der Waals surface area contributed by atoms with E-state index in [4.69, 9.17) is 4.42 Å². The predicted octanol–water partition coefficient (Wildman–Crippen LogP) is 5.35. The average molecular weight is 366 g/mol. The Bertz CT molecular complexity index is 857. The van der Waals surface area contributed by atoms with Gasteiger partial charge >= 0.3 is 12.2 Å². The second-order valence-electron chi connectivity index (χ2n) is 5.13. The molecule has 2 amide bonds. The average Bonchev–Trinajstić information content (AvgIpc) is 3.24. The lowest BCUT2D eigenvalue weighted by Gasteiger charge is -2.13. The Morgan fingerprint density at radius 1 is 1.12 bits per heavy atom. The van der Waals surface area contributed by atoms with Crippen molar-refractivity contribution in [1.29, 1.82) is 0 Å². The molecule has 0 fully saturated rings. The van der Waals surface area contributed by atoms with E-state index in [1.54, 1.807) is 12.1 Å². The first kappa shape index (κ1) is 17.1. The zero-order valence-electron chi connectivity index (χ0n) is 12.8. The summed E-state index contributed by atoms with van der Waals surface area (Å²) in [7, 11) is 0. The molecule has 0 radical (unpaired) electrons. The molecule has 4 nitrogen and oxygen atoms in total. The molecule has 130 valence electrons. The second kappa shape index (κ2) is 7.02. The molecular weight excluding hydrogens is 353 g/mol. The molecule has 0 aliphatic rings. The van der Waals surface area contributed by atoms with Gasteiger partial charge in [0.25, 0.3) is 0 Å². The fourth-order valence-corrected chi connectivity index (χ4v) is 2.85. The number of alkyl halides is 3. The van der Waals surface area contributed by atoms with Gasteiger partial charge in [0.15, 0.2) is 0 Å². The van der Waals surface area contributed by atoms with Gasteiger partial charge in [-0.2, -0.15) is 24.5 Å². The number of para-hydroxylation sites is 1. The van der Waals surface area contributed by atoms with Crippen LogP contribution in [-0.4, -0.2) is 6.03 Å². The SMILES string of the molecule is O=C(NCc1ccc(-c2ccsc2)o1)Nc1ccccc1C(F)(F)F. The Morgan fingerprint density at radius 2 is 1.92 bits per heavy atom. The third-order valence-electron chi connectivity index (χ3n) is 3.37. The Balaban J connectivity index is 1.61. The minimum Gasteiger partial charge on any atom is -0.459 e. The van der Waals surface area contributed by atoms with Crippen molar-refractivity contribution in [2.45, 2.75) is 12.7 Å². The van der Waals surface area contributed by atoms with Crippen LogP contribution in [0.3, 0.4) is 0 Å². The van der Waals surface area contributed by atoms with E-state index in [1.807, 2.05) is 16.8 Å². The monoisotopic (exact) mass is 366 g/mol. The number of hydrogen-bond donors (Lipinski definition) is 2. The maximum absolute atomic E-state index is 12.9. The zero-order chi connectivity index (χ0) is 17.9. The molecule has 3 rings (SSSR count). The van der Waals surface area contributed by atoms with Crippen molar-refractivity contribution < 1.29 is 22.4 Å². The molecule has 0 aliphatic carbocycles. The normalized spacial score (nSPS) is 11.3. The van der Waals surface area contributed by atoms with Crippen LogP contribution >= 0.6 is 11.3 Å². The first-order valence-corrected chi connectivity index (χ1v) is 8.20. The number of urea groups is 1. The summed E-state index contributed by atoms with van der Waals surface area (Å²) < 4.78 is 44.3. The smallest absolute Gasteiger partial charge is 0.418 e. The number of carbonyl (C=O) groups is 1. The van der Waals surface area contributed by atoms with Crippen LogP contribution in [0.25, 0.3) is 11.3 Å². The van der Waals surface area contributed by atoms with Gasteiger partial charge < -0.3 is 15.1 Å². The van der Waals surface area contributed by atoms with Crippen molar-refractivity contribution in [3.8, 4) is 11.3 Å². The van der Waals surface area contributed by atoms with Crippen molar-refractivity contribution >= 4 is 23.1 Å². The third kappa shape index (κ3) is 4.21. The van der Waals surface area contributed by atoms with E-state index in [9.17, 15) is 18.0 Å². The molecule has 25 heavy (non-hydrogen) atoms. The quantitative estimate of drug-likeness (QED) is 0.654. The fourth-order valence-electron chi connectivity index (χ4n) is 2.21. The van der Waals surface area contributed by atoms with Gasteiger partial charge in [0, 0.05) is 10.9 Å². The van der Waals surface area contributed by atoms with E-state index in [0.717, 1.165) is 11.6 Å². The minimum absolute atomic E-state index is 0.0597. The number of thiophene rings is 1. The Hall–Kier alpha value is -2.74. The topological polar surface area (TPSA) is 54.3 Å². The second-order valence-corrected chi connectivity index (χ2v) is 5.91. The van der Waals surface area contributed by atoms with Gasteiger partial charge in [-0.05, 0) is 35.7 Å². The largest absolute Gasteiger partial charge is 0.459 e. The third-order valence-corrected chi connectivity index (χ3v) is 4.05. The lowest BCUT2D eigenvalue weighted by Crippen LogP contribution is -2.29. The number of amides is 2. The Morgan fingerprint density at radius 3 is 2.64 bits per heavy atom. The fraction of sp³-hybridized carbons (Fsp3) is 0.118. The molecule has 0 spiro atoms. The summed E-state index contributed by atoms with van der Waals surface area (Å²) in [6.45, 7) is 0.0597. The number of nitrogens with one attached hydrogen (secondary N) is 2. The number of furan rings is 1. The highest BCUT2D eigenvalue weighted by atomic mass is 32.1. The van der Waals surface area contributed by atoms with E-state index in [1.165, 1.54) is 29.5 Å². The molecule has 0 saturated carbocycles. The van der Waals surface area contributed by atoms with Crippen LogP contribution in [-0.2, 0) is 12.7 Å². The van der Waals surface area contributed by atoms with Crippen molar-refractivity contribution in [1.82, 2.24) is 5.32 Å². The van der Waals surface area contributed by atoms with Gasteiger partial charge in [-0.15, -0.1) is 0 Å². The molecule has 1 aromatic carbocycles. The van der Waals surface area contributed by atoms with Gasteiger partial charge in [0.05, 0.1) is 17.8 Å². The standard InChI is InChI=1S/C17H13F3N2O2S/c18-17(19,20)13-3-1-2-4-14(13)22-16(23)21-9-12-5-6-15(24-12)11-7-8-25-10-11/h1-8,10H,9H2,(H2,21,22,23). The maximum atomic E-state index is 12.9. The number of halogens is 3. The van der Waals surface area contributed by atoms with Crippen LogP contribution in [0, 0.1) is 0 Å². The van der Waals surface area contributed by atoms with E-state index in [0.29, 0.717) is 11.5 Å². The highest BCUT2D eigenvalue weighted by Gasteiger charge is 2.33. The minimum atomic E-state index is -4.54. The molecule has 2 aromatic heterocycles. The van der Waals surface area contributed by atoms with Crippen LogP contribution in [0.2, 0.25) is 0 Å². The van der Waals surface area contributed by atoms with Gasteiger partial charge in [-0.25, -0.2) is 4.79 Å². The summed E-state index contributed by atoms with van der Waals surface area (Å²) in [5.74, 6) is 1.17. The van der Waals surface area contributed by atoms with E-state index >= 15 is 0 Å². The summed E-state index contributed by atoms with van der Waals surface area (Å²) in [4.78, 5) is 11.9. The summed E-state index contributed by atoms with van der Waals surface area (Å²) in [6.07, 6.45) is -4.54. The number of benzene rings is 1. The first-order valence-electron chi connectivity index (χ1n) is 7.26. The molecule has 0 saturated heterocycles. The summed E-state index contributed by atoms with van der Waals surface area (Å²) >= 11 is 1.53. The summed E-state index contributed by atoms with van der Waals surface area (Å²) in [5, 5.41) is 8.53. The van der Waals surface area contributed by atoms with Crippen molar-refractivity contribution in [3.05, 3.63) is 64.5 Å². The van der Waals surface area contributed by atoms with Gasteiger partial charge in [-0.1, -0.05) is 12.1 Å². The van der Waals surface area contributed by atoms with Crippen molar-refractivity contribution in [3.63, 3.8) is 0 Å². The zero-order valence-corrected chi connectivity index (χ0v) is 13.6. The van der Waals surface area contributed by atoms with E-state index in [2.05, 4.69) is 10.6 Å². The predicted molar refractivity (Wildman–Crippen MR) is 89.3 cm³/mol. The first-order chi connectivity index (χ1) is 11.9. The molecule has 2 heterocycles. The lowest BCUT2D eigenvalue weighted by molar-refractivity contribution is -0.136. The highest BCUT2D eigenvalue weighted by Crippen LogP contribution is 2.34. The van der Waals surface area contributed by atoms with E-state index < -0.39 is 17.8 Å². The molecule has 0 atom stereocenters. The molecule has 3 aromatic rings. The van der Waals surface area contributed by atoms with Crippen LogP contribution in [0.4, 0.5) is 23.7 Å². The Kier molecular flexibility index (Phi) is 4.80. The van der Waals surface area contributed by atoms with Crippen molar-refractivity contribution in [2.75, 3.05) is 5.32 Å². The van der Waals surface area contributed by atoms with Gasteiger partial charge in [0.2, 0.25) is 0 Å². The number of hydrogen-bond acceptors (Lipinski definition) is 3. The number of anilines is 1. The van der Waals surface area contributed by atoms with Gasteiger partial charge in [-0.3, -0.25) is 0 Å². The molecule has 8 heteroatoms. The van der Waals surface area contributed by atoms with Crippen LogP contribution in [0.5, 0.6) is 0 Å². The van der Waals surface area contributed by atoms with Gasteiger partial charge in [0.1, 0.15) is 11.5 Å². The molecule has 0 aliphatic heterocycles.